The fourth-order valence-electron chi connectivity index (χ4n) is 1.63. The van der Waals surface area contributed by atoms with Crippen molar-refractivity contribution in [3.8, 4) is 5.69 Å². The molecule has 1 N–H and O–H groups in total. The van der Waals surface area contributed by atoms with Crippen molar-refractivity contribution in [3.63, 3.8) is 0 Å². The molecule has 1 aromatic carbocycles. The molecule has 1 heterocycles. The third kappa shape index (κ3) is 2.65. The number of hydrogen-bond donors (Lipinski definition) is 1. The Bertz CT molecular complexity index is 631. The third-order valence-corrected chi connectivity index (χ3v) is 3.20. The van der Waals surface area contributed by atoms with Crippen LogP contribution in [0.2, 0.25) is 0 Å². The van der Waals surface area contributed by atoms with Crippen molar-refractivity contribution in [2.45, 2.75) is 26.2 Å². The number of aromatic carboxylic acids is 1. The Labute approximate surface area is 118 Å². The summed E-state index contributed by atoms with van der Waals surface area (Å²) < 4.78 is 2.24. The minimum atomic E-state index is -0.972. The molecule has 0 saturated carbocycles. The summed E-state index contributed by atoms with van der Waals surface area (Å²) in [5, 5.41) is 20.6. The summed E-state index contributed by atoms with van der Waals surface area (Å²) in [6.45, 7) is 6.03. The number of nitrogens with zero attached hydrogens (tertiary/aromatic N) is 4. The van der Waals surface area contributed by atoms with Gasteiger partial charge in [-0.15, -0.1) is 5.10 Å². The fourth-order valence-corrected chi connectivity index (χ4v) is 2.18. The van der Waals surface area contributed by atoms with Gasteiger partial charge in [-0.05, 0) is 44.6 Å². The van der Waals surface area contributed by atoms with Crippen LogP contribution in [-0.2, 0) is 5.41 Å². The Kier molecular flexibility index (Phi) is 3.40. The quantitative estimate of drug-likeness (QED) is 0.917. The number of aromatic nitrogens is 4. The molecule has 100 valence electrons. The molecule has 1 aromatic heterocycles. The van der Waals surface area contributed by atoms with Crippen molar-refractivity contribution in [2.75, 3.05) is 0 Å². The number of rotatable bonds is 2. The van der Waals surface area contributed by atoms with Gasteiger partial charge in [0.05, 0.1) is 11.3 Å². The van der Waals surface area contributed by atoms with E-state index in [1.165, 1.54) is 12.1 Å². The van der Waals surface area contributed by atoms with Gasteiger partial charge < -0.3 is 5.11 Å². The van der Waals surface area contributed by atoms with Crippen molar-refractivity contribution in [3.05, 3.63) is 34.1 Å². The number of carbonyl (C=O) groups is 1. The molecule has 0 aliphatic carbocycles. The zero-order valence-electron chi connectivity index (χ0n) is 10.8. The van der Waals surface area contributed by atoms with E-state index in [4.69, 9.17) is 5.11 Å². The highest BCUT2D eigenvalue weighted by Gasteiger charge is 2.23. The van der Waals surface area contributed by atoms with Crippen LogP contribution in [0.4, 0.5) is 0 Å². The lowest BCUT2D eigenvalue weighted by molar-refractivity contribution is 0.0697. The van der Waals surface area contributed by atoms with Gasteiger partial charge in [0.1, 0.15) is 0 Å². The Hall–Kier alpha value is -1.76. The molecular formula is C12H13BrN4O2. The Balaban J connectivity index is 2.55. The summed E-state index contributed by atoms with van der Waals surface area (Å²) in [4.78, 5) is 10.9. The fraction of sp³-hybridized carbons (Fsp3) is 0.333. The SMILES string of the molecule is CC(C)(C)c1nnnn1-c1ccc(C(=O)O)cc1Br. The van der Waals surface area contributed by atoms with Crippen molar-refractivity contribution in [2.24, 2.45) is 0 Å². The second kappa shape index (κ2) is 4.73. The van der Waals surface area contributed by atoms with Gasteiger partial charge in [0, 0.05) is 9.89 Å². The van der Waals surface area contributed by atoms with Gasteiger partial charge in [0.15, 0.2) is 5.82 Å². The zero-order chi connectivity index (χ0) is 14.2. The second-order valence-corrected chi connectivity index (χ2v) is 5.99. The van der Waals surface area contributed by atoms with E-state index in [1.54, 1.807) is 10.7 Å². The molecule has 0 fully saturated rings. The Morgan fingerprint density at radius 2 is 2.05 bits per heavy atom. The van der Waals surface area contributed by atoms with Gasteiger partial charge in [-0.2, -0.15) is 4.68 Å². The zero-order valence-corrected chi connectivity index (χ0v) is 12.3. The van der Waals surface area contributed by atoms with Gasteiger partial charge in [0.25, 0.3) is 0 Å². The minimum Gasteiger partial charge on any atom is -0.478 e. The van der Waals surface area contributed by atoms with Gasteiger partial charge in [-0.3, -0.25) is 0 Å². The molecule has 6 nitrogen and oxygen atoms in total. The van der Waals surface area contributed by atoms with E-state index in [-0.39, 0.29) is 11.0 Å². The highest BCUT2D eigenvalue weighted by Crippen LogP contribution is 2.26. The smallest absolute Gasteiger partial charge is 0.335 e. The molecule has 0 saturated heterocycles. The first kappa shape index (κ1) is 13.7. The van der Waals surface area contributed by atoms with Crippen LogP contribution in [-0.4, -0.2) is 31.3 Å². The number of carboxylic acid groups (broad SMARTS) is 1. The van der Waals surface area contributed by atoms with Crippen LogP contribution in [0.15, 0.2) is 22.7 Å². The topological polar surface area (TPSA) is 80.9 Å². The minimum absolute atomic E-state index is 0.209. The third-order valence-electron chi connectivity index (χ3n) is 2.56. The number of tetrazole rings is 1. The summed E-state index contributed by atoms with van der Waals surface area (Å²) in [6.07, 6.45) is 0. The summed E-state index contributed by atoms with van der Waals surface area (Å²) in [7, 11) is 0. The van der Waals surface area contributed by atoms with Crippen LogP contribution in [0.3, 0.4) is 0 Å². The number of carboxylic acids is 1. The number of benzene rings is 1. The maximum atomic E-state index is 10.9. The lowest BCUT2D eigenvalue weighted by Crippen LogP contribution is -2.19. The first-order valence-electron chi connectivity index (χ1n) is 5.63. The number of halogens is 1. The molecule has 0 amide bonds. The molecule has 7 heteroatoms. The summed E-state index contributed by atoms with van der Waals surface area (Å²) >= 11 is 3.36. The van der Waals surface area contributed by atoms with Crippen LogP contribution < -0.4 is 0 Å². The van der Waals surface area contributed by atoms with Crippen LogP contribution in [0.25, 0.3) is 5.69 Å². The first-order valence-corrected chi connectivity index (χ1v) is 6.42. The van der Waals surface area contributed by atoms with Crippen molar-refractivity contribution in [1.29, 1.82) is 0 Å². The Morgan fingerprint density at radius 1 is 1.37 bits per heavy atom. The summed E-state index contributed by atoms with van der Waals surface area (Å²) in [6, 6.07) is 4.74. The van der Waals surface area contributed by atoms with Crippen LogP contribution in [0.1, 0.15) is 37.0 Å². The molecule has 2 rings (SSSR count). The van der Waals surface area contributed by atoms with E-state index >= 15 is 0 Å². The Morgan fingerprint density at radius 3 is 2.58 bits per heavy atom. The molecule has 0 aliphatic heterocycles. The average molecular weight is 325 g/mol. The van der Waals surface area contributed by atoms with Gasteiger partial charge >= 0.3 is 5.97 Å². The normalized spacial score (nSPS) is 11.6. The molecule has 0 spiro atoms. The highest BCUT2D eigenvalue weighted by atomic mass is 79.9. The molecule has 2 aromatic rings. The van der Waals surface area contributed by atoms with Crippen LogP contribution in [0, 0.1) is 0 Å². The predicted octanol–water partition coefficient (Wildman–Crippen LogP) is 2.42. The monoisotopic (exact) mass is 324 g/mol. The van der Waals surface area contributed by atoms with Crippen LogP contribution in [0.5, 0.6) is 0 Å². The van der Waals surface area contributed by atoms with E-state index in [0.717, 1.165) is 0 Å². The summed E-state index contributed by atoms with van der Waals surface area (Å²) in [5.74, 6) is -0.267. The maximum Gasteiger partial charge on any atom is 0.335 e. The first-order chi connectivity index (χ1) is 8.80. The van der Waals surface area contributed by atoms with Gasteiger partial charge in [-0.25, -0.2) is 4.79 Å². The predicted molar refractivity (Wildman–Crippen MR) is 72.5 cm³/mol. The number of hydrogen-bond acceptors (Lipinski definition) is 4. The largest absolute Gasteiger partial charge is 0.478 e. The lowest BCUT2D eigenvalue weighted by Gasteiger charge is -2.17. The van der Waals surface area contributed by atoms with E-state index in [1.807, 2.05) is 20.8 Å². The summed E-state index contributed by atoms with van der Waals surface area (Å²) in [5.41, 5.74) is 0.704. The molecule has 0 radical (unpaired) electrons. The molecule has 19 heavy (non-hydrogen) atoms. The lowest BCUT2D eigenvalue weighted by atomic mass is 9.96. The van der Waals surface area contributed by atoms with E-state index in [0.29, 0.717) is 16.0 Å². The molecular weight excluding hydrogens is 312 g/mol. The molecule has 0 atom stereocenters. The van der Waals surface area contributed by atoms with Gasteiger partial charge in [-0.1, -0.05) is 20.8 Å². The highest BCUT2D eigenvalue weighted by molar-refractivity contribution is 9.10. The van der Waals surface area contributed by atoms with Crippen molar-refractivity contribution in [1.82, 2.24) is 20.2 Å². The van der Waals surface area contributed by atoms with Crippen LogP contribution >= 0.6 is 15.9 Å². The second-order valence-electron chi connectivity index (χ2n) is 5.14. The molecule has 0 aliphatic rings. The van der Waals surface area contributed by atoms with Crippen molar-refractivity contribution < 1.29 is 9.90 Å². The average Bonchev–Trinajstić information content (AvgIpc) is 2.77. The maximum absolute atomic E-state index is 10.9. The van der Waals surface area contributed by atoms with Crippen molar-refractivity contribution >= 4 is 21.9 Å². The van der Waals surface area contributed by atoms with E-state index in [2.05, 4.69) is 31.5 Å². The molecule has 0 unspecified atom stereocenters. The molecule has 0 bridgehead atoms. The van der Waals surface area contributed by atoms with E-state index < -0.39 is 5.97 Å². The standard InChI is InChI=1S/C12H13BrN4O2/c1-12(2,3)11-14-15-16-17(11)9-5-4-7(10(18)19)6-8(9)13/h4-6H,1-3H3,(H,18,19). The van der Waals surface area contributed by atoms with Gasteiger partial charge in [0.2, 0.25) is 0 Å². The van der Waals surface area contributed by atoms with E-state index in [9.17, 15) is 4.79 Å².